The van der Waals surface area contributed by atoms with Crippen LogP contribution < -0.4 is 10.2 Å². The van der Waals surface area contributed by atoms with Crippen LogP contribution in [0.25, 0.3) is 0 Å². The summed E-state index contributed by atoms with van der Waals surface area (Å²) >= 11 is 0. The van der Waals surface area contributed by atoms with E-state index in [0.717, 1.165) is 43.6 Å². The number of hydrogen-bond donors (Lipinski definition) is 3. The topological polar surface area (TPSA) is 55.7 Å². The molecule has 1 aliphatic rings. The van der Waals surface area contributed by atoms with Crippen LogP contribution >= 0.6 is 0 Å². The Morgan fingerprint density at radius 3 is 2.32 bits per heavy atom. The molecule has 3 rings (SSSR count). The van der Waals surface area contributed by atoms with E-state index in [1.807, 2.05) is 18.2 Å². The van der Waals surface area contributed by atoms with Crippen molar-refractivity contribution in [2.45, 2.75) is 45.1 Å². The summed E-state index contributed by atoms with van der Waals surface area (Å²) in [6.07, 6.45) is 1.56. The van der Waals surface area contributed by atoms with E-state index < -0.39 is 0 Å². The van der Waals surface area contributed by atoms with Gasteiger partial charge in [-0.1, -0.05) is 36.4 Å². The highest BCUT2D eigenvalue weighted by Crippen LogP contribution is 2.23. The van der Waals surface area contributed by atoms with Crippen LogP contribution in [-0.2, 0) is 13.2 Å². The first kappa shape index (κ1) is 17.9. The SMILES string of the molecule is CC(NCc1ccccc1CO)c1ccc(N2CCC(O)CC2)cc1. The second-order valence-electron chi connectivity index (χ2n) is 6.84. The van der Waals surface area contributed by atoms with Gasteiger partial charge in [0.25, 0.3) is 0 Å². The van der Waals surface area contributed by atoms with Crippen molar-refractivity contribution in [3.63, 3.8) is 0 Å². The number of aliphatic hydroxyl groups excluding tert-OH is 2. The fourth-order valence-corrected chi connectivity index (χ4v) is 3.36. The Hall–Kier alpha value is -1.88. The van der Waals surface area contributed by atoms with Gasteiger partial charge in [-0.25, -0.2) is 0 Å². The molecule has 0 saturated carbocycles. The van der Waals surface area contributed by atoms with Gasteiger partial charge in [-0.05, 0) is 48.6 Å². The van der Waals surface area contributed by atoms with Crippen molar-refractivity contribution in [3.8, 4) is 0 Å². The van der Waals surface area contributed by atoms with Crippen LogP contribution in [0.2, 0.25) is 0 Å². The highest BCUT2D eigenvalue weighted by molar-refractivity contribution is 5.48. The molecule has 25 heavy (non-hydrogen) atoms. The van der Waals surface area contributed by atoms with E-state index in [0.29, 0.717) is 0 Å². The Bertz CT molecular complexity index is 664. The smallest absolute Gasteiger partial charge is 0.0685 e. The maximum absolute atomic E-state index is 9.63. The molecule has 1 saturated heterocycles. The summed E-state index contributed by atoms with van der Waals surface area (Å²) in [6, 6.07) is 16.9. The predicted molar refractivity (Wildman–Crippen MR) is 102 cm³/mol. The van der Waals surface area contributed by atoms with Gasteiger partial charge in [0.2, 0.25) is 0 Å². The number of nitrogens with zero attached hydrogens (tertiary/aromatic N) is 1. The number of benzene rings is 2. The van der Waals surface area contributed by atoms with Crippen LogP contribution in [0.1, 0.15) is 42.5 Å². The number of rotatable bonds is 6. The fraction of sp³-hybridized carbons (Fsp3) is 0.429. The summed E-state index contributed by atoms with van der Waals surface area (Å²) in [5.41, 5.74) is 4.60. The molecule has 134 valence electrons. The summed E-state index contributed by atoms with van der Waals surface area (Å²) < 4.78 is 0. The van der Waals surface area contributed by atoms with Crippen molar-refractivity contribution < 1.29 is 10.2 Å². The van der Waals surface area contributed by atoms with Gasteiger partial charge >= 0.3 is 0 Å². The first-order chi connectivity index (χ1) is 12.2. The third-order valence-electron chi connectivity index (χ3n) is 5.11. The summed E-state index contributed by atoms with van der Waals surface area (Å²) in [7, 11) is 0. The average molecular weight is 340 g/mol. The predicted octanol–water partition coefficient (Wildman–Crippen LogP) is 2.99. The lowest BCUT2D eigenvalue weighted by atomic mass is 10.0. The van der Waals surface area contributed by atoms with Gasteiger partial charge in [0.15, 0.2) is 0 Å². The molecule has 4 nitrogen and oxygen atoms in total. The number of nitrogens with one attached hydrogen (secondary N) is 1. The molecule has 1 atom stereocenters. The van der Waals surface area contributed by atoms with Gasteiger partial charge in [-0.2, -0.15) is 0 Å². The Morgan fingerprint density at radius 1 is 1.04 bits per heavy atom. The molecule has 1 unspecified atom stereocenters. The van der Waals surface area contributed by atoms with Gasteiger partial charge in [0.05, 0.1) is 12.7 Å². The maximum atomic E-state index is 9.63. The quantitative estimate of drug-likeness (QED) is 0.757. The van der Waals surface area contributed by atoms with Crippen LogP contribution in [-0.4, -0.2) is 29.4 Å². The van der Waals surface area contributed by atoms with Crippen molar-refractivity contribution >= 4 is 5.69 Å². The first-order valence-electron chi connectivity index (χ1n) is 9.11. The van der Waals surface area contributed by atoms with Gasteiger partial charge in [-0.15, -0.1) is 0 Å². The molecular formula is C21H28N2O2. The normalized spacial score (nSPS) is 16.8. The van der Waals surface area contributed by atoms with Crippen molar-refractivity contribution in [1.82, 2.24) is 5.32 Å². The molecule has 0 aliphatic carbocycles. The molecule has 2 aromatic rings. The molecule has 1 heterocycles. The Kier molecular flexibility index (Phi) is 6.08. The van der Waals surface area contributed by atoms with Crippen molar-refractivity contribution in [2.24, 2.45) is 0 Å². The van der Waals surface area contributed by atoms with E-state index in [1.165, 1.54) is 11.3 Å². The molecule has 4 heteroatoms. The zero-order valence-corrected chi connectivity index (χ0v) is 14.9. The lowest BCUT2D eigenvalue weighted by molar-refractivity contribution is 0.145. The van der Waals surface area contributed by atoms with Gasteiger partial charge in [-0.3, -0.25) is 0 Å². The molecule has 0 spiro atoms. The highest BCUT2D eigenvalue weighted by Gasteiger charge is 2.17. The maximum Gasteiger partial charge on any atom is 0.0685 e. The van der Waals surface area contributed by atoms with Crippen LogP contribution in [0.3, 0.4) is 0 Å². The third kappa shape index (κ3) is 4.60. The fourth-order valence-electron chi connectivity index (χ4n) is 3.36. The van der Waals surface area contributed by atoms with Crippen molar-refractivity contribution in [1.29, 1.82) is 0 Å². The molecule has 0 bridgehead atoms. The lowest BCUT2D eigenvalue weighted by Crippen LogP contribution is -2.35. The van der Waals surface area contributed by atoms with E-state index in [-0.39, 0.29) is 18.8 Å². The molecule has 0 aromatic heterocycles. The van der Waals surface area contributed by atoms with E-state index in [4.69, 9.17) is 0 Å². The van der Waals surface area contributed by atoms with Crippen LogP contribution in [0.15, 0.2) is 48.5 Å². The monoisotopic (exact) mass is 340 g/mol. The Morgan fingerprint density at radius 2 is 1.68 bits per heavy atom. The number of anilines is 1. The van der Waals surface area contributed by atoms with Crippen molar-refractivity contribution in [3.05, 3.63) is 65.2 Å². The van der Waals surface area contributed by atoms with Crippen LogP contribution in [0.4, 0.5) is 5.69 Å². The first-order valence-corrected chi connectivity index (χ1v) is 9.11. The van der Waals surface area contributed by atoms with Crippen LogP contribution in [0.5, 0.6) is 0 Å². The minimum atomic E-state index is -0.137. The molecule has 1 aliphatic heterocycles. The molecule has 0 radical (unpaired) electrons. The average Bonchev–Trinajstić information content (AvgIpc) is 2.67. The standard InChI is InChI=1S/C21H28N2O2/c1-16(22-14-18-4-2-3-5-19(18)15-24)17-6-8-20(9-7-17)23-12-10-21(25)11-13-23/h2-9,16,21-22,24-25H,10-15H2,1H3. The molecule has 1 fully saturated rings. The van der Waals surface area contributed by atoms with E-state index in [1.54, 1.807) is 0 Å². The molecule has 2 aromatic carbocycles. The van der Waals surface area contributed by atoms with Gasteiger partial charge < -0.3 is 20.4 Å². The zero-order valence-electron chi connectivity index (χ0n) is 14.9. The summed E-state index contributed by atoms with van der Waals surface area (Å²) in [5, 5.41) is 22.6. The Balaban J connectivity index is 1.58. The number of hydrogen-bond acceptors (Lipinski definition) is 4. The summed E-state index contributed by atoms with van der Waals surface area (Å²) in [6.45, 7) is 4.82. The Labute approximate surface area is 150 Å². The molecular weight excluding hydrogens is 312 g/mol. The minimum absolute atomic E-state index is 0.0749. The number of aliphatic hydroxyl groups is 2. The summed E-state index contributed by atoms with van der Waals surface area (Å²) in [4.78, 5) is 2.34. The third-order valence-corrected chi connectivity index (χ3v) is 5.11. The molecule has 3 N–H and O–H groups in total. The van der Waals surface area contributed by atoms with Gasteiger partial charge in [0, 0.05) is 31.4 Å². The largest absolute Gasteiger partial charge is 0.393 e. The van der Waals surface area contributed by atoms with E-state index >= 15 is 0 Å². The van der Waals surface area contributed by atoms with E-state index in [9.17, 15) is 10.2 Å². The second-order valence-corrected chi connectivity index (χ2v) is 6.84. The molecule has 0 amide bonds. The zero-order chi connectivity index (χ0) is 17.6. The van der Waals surface area contributed by atoms with Crippen molar-refractivity contribution in [2.75, 3.05) is 18.0 Å². The van der Waals surface area contributed by atoms with Gasteiger partial charge in [0.1, 0.15) is 0 Å². The van der Waals surface area contributed by atoms with Crippen LogP contribution in [0, 0.1) is 0 Å². The van der Waals surface area contributed by atoms with E-state index in [2.05, 4.69) is 47.5 Å². The lowest BCUT2D eigenvalue weighted by Gasteiger charge is -2.31. The number of piperidine rings is 1. The second kappa shape index (κ2) is 8.48. The highest BCUT2D eigenvalue weighted by atomic mass is 16.3. The minimum Gasteiger partial charge on any atom is -0.393 e. The summed E-state index contributed by atoms with van der Waals surface area (Å²) in [5.74, 6) is 0.